The van der Waals surface area contributed by atoms with Crippen LogP contribution in [0.1, 0.15) is 26.3 Å². The number of hydrogen-bond acceptors (Lipinski definition) is 11. The standard InChI is InChI=1S/C14H10ClNOSe.C14H9NO3Se.C13H8ClNOSe.C13H9NOSe.C11H13NOSe.C9H10N2OSe.C8H7NOSe.C7H5NOSe/c1-9-8-10(15)6-7-12(9)16-14(17)11-4-2-3-5-13(11)18-16;16-9-18-12-7-3-2-6-11(12)15-14(17)10-5-1-4-8-13(10)19-15;14-9-5-7-10(8-6-9)15-13(16)11-3-1-2-4-12(11)17-15;15-13-11-8-4-5-9-12(11)16-14(13)10-6-2-1-3-7-10;1-11(2,3)12-10(13)8-6-4-5-7-9(8)14-12;10-5-6-11-9(12)7-3-1-2-4-8(7)13-11;1-9-8(10)6-4-2-3-5-7(6)11-9;9-7-5-3-1-2-4-6(5)10-8-7/h2-8H,1H3;1-9H;1-8H;1-9H;4-7H,1-3H3;1-4H,5-6,10H2;2-5H,1H3;1-4H,(H,8,9). The van der Waals surface area contributed by atoms with E-state index in [1.54, 1.807) is 25.3 Å². The molecule has 0 atom stereocenters. The minimum absolute atomic E-state index is 0.0201. The molecule has 118 heavy (non-hydrogen) atoms. The first-order valence-electron chi connectivity index (χ1n) is 36.3. The van der Waals surface area contributed by atoms with Crippen molar-refractivity contribution >= 4 is 225 Å². The summed E-state index contributed by atoms with van der Waals surface area (Å²) in [6, 6.07) is 92.1. The Morgan fingerprint density at radius 1 is 0.373 bits per heavy atom. The third kappa shape index (κ3) is 20.4. The van der Waals surface area contributed by atoms with E-state index in [-0.39, 0.29) is 168 Å². The number of carbonyl (C=O) groups excluding carboxylic acids is 1. The molecule has 0 bridgehead atoms. The van der Waals surface area contributed by atoms with Crippen molar-refractivity contribution in [2.45, 2.75) is 39.8 Å². The summed E-state index contributed by atoms with van der Waals surface area (Å²) in [4.78, 5) is 106. The number of benzene rings is 12. The van der Waals surface area contributed by atoms with Crippen LogP contribution in [0, 0.1) is 6.92 Å². The third-order valence-electron chi connectivity index (χ3n) is 17.7. The molecule has 0 amide bonds. The molecule has 3 N–H and O–H groups in total. The summed E-state index contributed by atoms with van der Waals surface area (Å²) in [7, 11) is 1.85. The number of rotatable bonds is 8. The number of ether oxygens (including phenoxy) is 1. The van der Waals surface area contributed by atoms with E-state index in [1.165, 1.54) is 21.3 Å². The number of nitrogens with two attached hydrogens (primary N) is 1. The Balaban J connectivity index is 0.000000118. The van der Waals surface area contributed by atoms with Gasteiger partial charge in [0, 0.05) is 0 Å². The molecule has 8 heterocycles. The van der Waals surface area contributed by atoms with Crippen molar-refractivity contribution in [2.75, 3.05) is 6.54 Å². The number of nitrogens with zero attached hydrogens (tertiary/aromatic N) is 7. The topological polar surface area (TPSA) is 239 Å². The molecule has 0 spiro atoms. The molecular formula is C89H71Cl2N9O10Se8. The summed E-state index contributed by atoms with van der Waals surface area (Å²) in [5.41, 5.74) is 10.7. The number of halogens is 2. The predicted molar refractivity (Wildman–Crippen MR) is 489 cm³/mol. The summed E-state index contributed by atoms with van der Waals surface area (Å²) < 4.78 is 29.8. The van der Waals surface area contributed by atoms with Crippen LogP contribution in [0.4, 0.5) is 0 Å². The molecule has 20 aromatic rings. The molecule has 8 aromatic heterocycles. The van der Waals surface area contributed by atoms with E-state index in [0.717, 1.165) is 78.5 Å². The van der Waals surface area contributed by atoms with Gasteiger partial charge in [-0.2, -0.15) is 0 Å². The summed E-state index contributed by atoms with van der Waals surface area (Å²) >= 11 is 12.5. The normalized spacial score (nSPS) is 10.9. The molecule has 0 aliphatic rings. The van der Waals surface area contributed by atoms with Crippen molar-refractivity contribution in [3.8, 4) is 28.5 Å². The van der Waals surface area contributed by atoms with Gasteiger partial charge in [-0.05, 0) is 0 Å². The van der Waals surface area contributed by atoms with Gasteiger partial charge in [0.1, 0.15) is 0 Å². The average Bonchev–Trinajstić information content (AvgIpc) is 1.61. The van der Waals surface area contributed by atoms with Crippen LogP contribution in [0.25, 0.3) is 99.9 Å². The van der Waals surface area contributed by atoms with Gasteiger partial charge in [0.05, 0.1) is 0 Å². The number of aryl methyl sites for hydroxylation is 2. The van der Waals surface area contributed by atoms with Crippen LogP contribution in [0.5, 0.6) is 5.75 Å². The third-order valence-corrected chi connectivity index (χ3v) is 36.7. The van der Waals surface area contributed by atoms with Crippen molar-refractivity contribution in [1.82, 2.24) is 28.9 Å². The zero-order chi connectivity index (χ0) is 83.2. The summed E-state index contributed by atoms with van der Waals surface area (Å²) in [6.07, 6.45) is 0. The molecule has 20 rings (SSSR count). The van der Waals surface area contributed by atoms with E-state index in [1.807, 2.05) is 299 Å². The van der Waals surface area contributed by atoms with Crippen LogP contribution in [0.2, 0.25) is 10.0 Å². The Hall–Kier alpha value is -9.43. The molecule has 12 aromatic carbocycles. The first-order chi connectivity index (χ1) is 57.1. The van der Waals surface area contributed by atoms with Gasteiger partial charge in [-0.1, -0.05) is 0 Å². The zero-order valence-electron chi connectivity index (χ0n) is 63.5. The molecule has 29 heteroatoms. The van der Waals surface area contributed by atoms with Gasteiger partial charge < -0.3 is 0 Å². The Morgan fingerprint density at radius 3 is 1.17 bits per heavy atom. The summed E-state index contributed by atoms with van der Waals surface area (Å²) in [5, 5.41) is 8.10. The number of nitrogens with one attached hydrogen (secondary N) is 1. The van der Waals surface area contributed by atoms with Crippen molar-refractivity contribution in [1.29, 1.82) is 0 Å². The van der Waals surface area contributed by atoms with E-state index in [9.17, 15) is 43.2 Å². The van der Waals surface area contributed by atoms with Crippen LogP contribution in [0.15, 0.2) is 330 Å². The van der Waals surface area contributed by atoms with Crippen LogP contribution >= 0.6 is 23.2 Å². The molecule has 0 unspecified atom stereocenters. The Morgan fingerprint density at radius 2 is 0.737 bits per heavy atom. The van der Waals surface area contributed by atoms with E-state index in [0.29, 0.717) is 41.0 Å². The molecule has 0 saturated carbocycles. The number of aromatic nitrogens is 8. The number of para-hydroxylation sites is 3. The number of carbonyl (C=O) groups is 1. The van der Waals surface area contributed by atoms with Crippen molar-refractivity contribution < 1.29 is 9.53 Å². The van der Waals surface area contributed by atoms with Crippen molar-refractivity contribution in [3.05, 3.63) is 390 Å². The van der Waals surface area contributed by atoms with E-state index >= 15 is 0 Å². The van der Waals surface area contributed by atoms with Gasteiger partial charge in [0.15, 0.2) is 0 Å². The fraction of sp³-hybridized carbons (Fsp3) is 0.0899. The quantitative estimate of drug-likeness (QED) is 0.107. The number of hydrogen-bond donors (Lipinski definition) is 2. The molecule has 0 saturated heterocycles. The zero-order valence-corrected chi connectivity index (χ0v) is 78.7. The maximum absolute atomic E-state index is 12.4. The fourth-order valence-corrected chi connectivity index (χ4v) is 28.6. The average molecular weight is 2130 g/mol. The van der Waals surface area contributed by atoms with Gasteiger partial charge in [0.25, 0.3) is 0 Å². The van der Waals surface area contributed by atoms with Crippen LogP contribution in [-0.4, -0.2) is 160 Å². The van der Waals surface area contributed by atoms with Crippen LogP contribution < -0.4 is 54.9 Å². The van der Waals surface area contributed by atoms with Crippen LogP contribution in [-0.2, 0) is 23.9 Å². The van der Waals surface area contributed by atoms with E-state index in [4.69, 9.17) is 33.7 Å². The van der Waals surface area contributed by atoms with Crippen molar-refractivity contribution in [2.24, 2.45) is 12.8 Å². The van der Waals surface area contributed by atoms with Crippen LogP contribution in [0.3, 0.4) is 0 Å². The fourth-order valence-electron chi connectivity index (χ4n) is 12.0. The van der Waals surface area contributed by atoms with Gasteiger partial charge >= 0.3 is 740 Å². The molecule has 0 fully saturated rings. The van der Waals surface area contributed by atoms with E-state index in [2.05, 4.69) is 30.8 Å². The molecule has 0 radical (unpaired) electrons. The van der Waals surface area contributed by atoms with E-state index < -0.39 is 0 Å². The monoisotopic (exact) mass is 2130 g/mol. The minimum atomic E-state index is -0.129. The molecule has 0 aliphatic heterocycles. The van der Waals surface area contributed by atoms with Gasteiger partial charge in [0.2, 0.25) is 0 Å². The number of H-pyrrole nitrogens is 1. The second-order valence-electron chi connectivity index (χ2n) is 26.7. The molecule has 19 nitrogen and oxygen atoms in total. The Labute approximate surface area is 732 Å². The Kier molecular flexibility index (Phi) is 29.4. The van der Waals surface area contributed by atoms with Gasteiger partial charge in [-0.3, -0.25) is 0 Å². The summed E-state index contributed by atoms with van der Waals surface area (Å²) in [5.74, 6) is 0.403. The predicted octanol–water partition coefficient (Wildman–Crippen LogP) is 12.4. The Bertz CT molecular complexity index is 7450. The SMILES string of the molecule is CC(C)(C)n1[se]c2ccccc2c1=O.Cc1cc(Cl)ccc1-n1[se]c2ccccc2c1=O.Cn1[se]c2ccccc2c1=O.NCCn1[se]c2ccccc2c1=O.O=COc1ccccc1-n1[se]c2ccccc2c1=O.O=c1[nH][se]c2ccccc12.O=c1c2ccccc2[se]n1-c1ccc(Cl)cc1.O=c1c2ccccc2[se]n1-c1ccccc1. The molecule has 0 aliphatic carbocycles. The van der Waals surface area contributed by atoms with Gasteiger partial charge in [-0.15, -0.1) is 0 Å². The molecular weight excluding hydrogens is 2060 g/mol. The number of fused-ring (bicyclic) bond motifs is 8. The second-order valence-corrected chi connectivity index (χ2v) is 44.4. The first kappa shape index (κ1) is 86.4. The second kappa shape index (κ2) is 40.1. The first-order valence-corrected chi connectivity index (χ1v) is 50.2. The number of aromatic amines is 1. The maximum atomic E-state index is 12.4. The van der Waals surface area contributed by atoms with Gasteiger partial charge in [-0.25, -0.2) is 0 Å². The molecule has 594 valence electrons. The summed E-state index contributed by atoms with van der Waals surface area (Å²) in [6.45, 7) is 9.82. The van der Waals surface area contributed by atoms with Crippen molar-refractivity contribution in [3.63, 3.8) is 0 Å².